The van der Waals surface area contributed by atoms with E-state index in [1.165, 1.54) is 6.20 Å². The van der Waals surface area contributed by atoms with Crippen molar-refractivity contribution in [1.29, 1.82) is 0 Å². The molecule has 0 spiro atoms. The van der Waals surface area contributed by atoms with Gasteiger partial charge < -0.3 is 5.32 Å². The van der Waals surface area contributed by atoms with Crippen LogP contribution in [0.5, 0.6) is 0 Å². The summed E-state index contributed by atoms with van der Waals surface area (Å²) in [6.45, 7) is 1.98. The molecule has 0 aliphatic heterocycles. The molecule has 0 saturated heterocycles. The highest BCUT2D eigenvalue weighted by molar-refractivity contribution is 5.59. The Bertz CT molecular complexity index is 521. The van der Waals surface area contributed by atoms with E-state index in [2.05, 4.69) is 20.5 Å². The summed E-state index contributed by atoms with van der Waals surface area (Å²) in [7, 11) is 0. The monoisotopic (exact) mass is 202 g/mol. The molecule has 0 fully saturated rings. The van der Waals surface area contributed by atoms with Gasteiger partial charge in [0, 0.05) is 5.69 Å². The molecular formula is C10H10N4O. The maximum atomic E-state index is 10.9. The number of rotatable bonds is 2. The van der Waals surface area contributed by atoms with Gasteiger partial charge in [0.05, 0.1) is 6.20 Å². The second kappa shape index (κ2) is 3.91. The first-order chi connectivity index (χ1) is 7.25. The predicted molar refractivity (Wildman–Crippen MR) is 57.1 cm³/mol. The lowest BCUT2D eigenvalue weighted by molar-refractivity contribution is 0.918. The molecule has 0 aliphatic carbocycles. The Labute approximate surface area is 86.2 Å². The highest BCUT2D eigenvalue weighted by Gasteiger charge is 1.99. The van der Waals surface area contributed by atoms with Gasteiger partial charge in [0.15, 0.2) is 5.82 Å². The summed E-state index contributed by atoms with van der Waals surface area (Å²) in [5.41, 5.74) is 1.53. The number of benzene rings is 1. The fraction of sp³-hybridized carbons (Fsp3) is 0.100. The molecule has 0 atom stereocenters. The summed E-state index contributed by atoms with van der Waals surface area (Å²) in [4.78, 5) is 14.6. The third-order valence-corrected chi connectivity index (χ3v) is 1.98. The number of aromatic nitrogens is 3. The predicted octanol–water partition coefficient (Wildman–Crippen LogP) is 1.22. The molecule has 76 valence electrons. The topological polar surface area (TPSA) is 70.7 Å². The molecule has 5 nitrogen and oxygen atoms in total. The van der Waals surface area contributed by atoms with Gasteiger partial charge in [0.1, 0.15) is 0 Å². The first-order valence-corrected chi connectivity index (χ1v) is 4.50. The molecule has 1 heterocycles. The van der Waals surface area contributed by atoms with E-state index in [1.54, 1.807) is 0 Å². The third-order valence-electron chi connectivity index (χ3n) is 1.98. The Hall–Kier alpha value is -2.17. The van der Waals surface area contributed by atoms with Crippen LogP contribution in [0.2, 0.25) is 0 Å². The van der Waals surface area contributed by atoms with Gasteiger partial charge in [-0.15, -0.1) is 0 Å². The summed E-state index contributed by atoms with van der Waals surface area (Å²) in [6.07, 6.45) is 1.47. The summed E-state index contributed by atoms with van der Waals surface area (Å²) in [5.74, 6) is 0.438. The second-order valence-corrected chi connectivity index (χ2v) is 3.11. The third kappa shape index (κ3) is 2.19. The fourth-order valence-electron chi connectivity index (χ4n) is 1.22. The highest BCUT2D eigenvalue weighted by atomic mass is 16.1. The van der Waals surface area contributed by atoms with E-state index in [1.807, 2.05) is 31.2 Å². The standard InChI is InChI=1S/C10H10N4O/c1-7-4-2-3-5-8(7)12-9-6-11-14-10(15)13-9/h2-6H,1H3,(H2,12,13,14,15). The first-order valence-electron chi connectivity index (χ1n) is 4.50. The molecule has 1 aromatic heterocycles. The maximum Gasteiger partial charge on any atom is 0.363 e. The van der Waals surface area contributed by atoms with E-state index in [0.717, 1.165) is 11.3 Å². The molecule has 1 aromatic carbocycles. The molecule has 2 rings (SSSR count). The number of hydrogen-bond acceptors (Lipinski definition) is 4. The maximum absolute atomic E-state index is 10.9. The van der Waals surface area contributed by atoms with Crippen molar-refractivity contribution in [2.24, 2.45) is 0 Å². The minimum Gasteiger partial charge on any atom is -0.339 e. The van der Waals surface area contributed by atoms with Gasteiger partial charge in [0.2, 0.25) is 0 Å². The number of nitrogens with zero attached hydrogens (tertiary/aromatic N) is 2. The lowest BCUT2D eigenvalue weighted by atomic mass is 10.2. The molecule has 0 amide bonds. The summed E-state index contributed by atoms with van der Waals surface area (Å²) < 4.78 is 0. The highest BCUT2D eigenvalue weighted by Crippen LogP contribution is 2.16. The number of aryl methyl sites for hydroxylation is 1. The Morgan fingerprint density at radius 2 is 2.13 bits per heavy atom. The molecule has 0 radical (unpaired) electrons. The average Bonchev–Trinajstić information content (AvgIpc) is 2.22. The van der Waals surface area contributed by atoms with E-state index in [9.17, 15) is 4.79 Å². The van der Waals surface area contributed by atoms with Crippen LogP contribution in [-0.2, 0) is 0 Å². The van der Waals surface area contributed by atoms with Crippen LogP contribution >= 0.6 is 0 Å². The van der Waals surface area contributed by atoms with Crippen molar-refractivity contribution in [1.82, 2.24) is 15.2 Å². The van der Waals surface area contributed by atoms with Gasteiger partial charge in [-0.3, -0.25) is 0 Å². The lowest BCUT2D eigenvalue weighted by Crippen LogP contribution is -2.13. The van der Waals surface area contributed by atoms with Crippen LogP contribution in [0.25, 0.3) is 0 Å². The number of anilines is 2. The van der Waals surface area contributed by atoms with Crippen LogP contribution in [0.4, 0.5) is 11.5 Å². The molecule has 0 aliphatic rings. The van der Waals surface area contributed by atoms with E-state index in [-0.39, 0.29) is 0 Å². The van der Waals surface area contributed by atoms with E-state index in [0.29, 0.717) is 5.82 Å². The van der Waals surface area contributed by atoms with Crippen molar-refractivity contribution in [3.8, 4) is 0 Å². The van der Waals surface area contributed by atoms with Gasteiger partial charge in [-0.2, -0.15) is 10.1 Å². The molecule has 0 unspecified atom stereocenters. The van der Waals surface area contributed by atoms with Crippen molar-refractivity contribution in [2.75, 3.05) is 5.32 Å². The summed E-state index contributed by atoms with van der Waals surface area (Å²) in [6, 6.07) is 7.75. The molecule has 5 heteroatoms. The number of H-pyrrole nitrogens is 1. The molecular weight excluding hydrogens is 192 g/mol. The van der Waals surface area contributed by atoms with Gasteiger partial charge >= 0.3 is 5.69 Å². The molecule has 2 aromatic rings. The Balaban J connectivity index is 2.30. The van der Waals surface area contributed by atoms with Crippen molar-refractivity contribution in [3.05, 3.63) is 46.5 Å². The van der Waals surface area contributed by atoms with Crippen LogP contribution in [0.3, 0.4) is 0 Å². The van der Waals surface area contributed by atoms with Crippen LogP contribution in [-0.4, -0.2) is 15.2 Å². The molecule has 15 heavy (non-hydrogen) atoms. The second-order valence-electron chi connectivity index (χ2n) is 3.11. The number of para-hydroxylation sites is 1. The van der Waals surface area contributed by atoms with Gasteiger partial charge in [-0.25, -0.2) is 9.89 Å². The van der Waals surface area contributed by atoms with Gasteiger partial charge in [-0.05, 0) is 18.6 Å². The normalized spacial score (nSPS) is 9.93. The van der Waals surface area contributed by atoms with E-state index in [4.69, 9.17) is 0 Å². The van der Waals surface area contributed by atoms with E-state index >= 15 is 0 Å². The largest absolute Gasteiger partial charge is 0.363 e. The number of hydrogen-bond donors (Lipinski definition) is 2. The zero-order chi connectivity index (χ0) is 10.7. The fourth-order valence-corrected chi connectivity index (χ4v) is 1.22. The number of aromatic amines is 1. The minimum atomic E-state index is -0.464. The number of nitrogens with one attached hydrogen (secondary N) is 2. The average molecular weight is 202 g/mol. The van der Waals surface area contributed by atoms with Crippen molar-refractivity contribution >= 4 is 11.5 Å². The first kappa shape index (κ1) is 9.39. The molecule has 0 bridgehead atoms. The van der Waals surface area contributed by atoms with E-state index < -0.39 is 5.69 Å². The Morgan fingerprint density at radius 3 is 2.87 bits per heavy atom. The zero-order valence-electron chi connectivity index (χ0n) is 8.19. The summed E-state index contributed by atoms with van der Waals surface area (Å²) in [5, 5.41) is 8.88. The molecule has 2 N–H and O–H groups in total. The lowest BCUT2D eigenvalue weighted by Gasteiger charge is -2.06. The van der Waals surface area contributed by atoms with Crippen LogP contribution < -0.4 is 11.0 Å². The van der Waals surface area contributed by atoms with Crippen LogP contribution in [0, 0.1) is 6.92 Å². The smallest absolute Gasteiger partial charge is 0.339 e. The minimum absolute atomic E-state index is 0.438. The van der Waals surface area contributed by atoms with Gasteiger partial charge in [0.25, 0.3) is 0 Å². The van der Waals surface area contributed by atoms with Crippen molar-refractivity contribution in [3.63, 3.8) is 0 Å². The van der Waals surface area contributed by atoms with Crippen molar-refractivity contribution < 1.29 is 0 Å². The SMILES string of the molecule is Cc1ccccc1Nc1cn[nH]c(=O)n1. The van der Waals surface area contributed by atoms with Crippen LogP contribution in [0.15, 0.2) is 35.3 Å². The zero-order valence-corrected chi connectivity index (χ0v) is 8.19. The summed E-state index contributed by atoms with van der Waals surface area (Å²) >= 11 is 0. The Kier molecular flexibility index (Phi) is 2.45. The van der Waals surface area contributed by atoms with Gasteiger partial charge in [-0.1, -0.05) is 18.2 Å². The quantitative estimate of drug-likeness (QED) is 0.768. The van der Waals surface area contributed by atoms with Crippen molar-refractivity contribution in [2.45, 2.75) is 6.92 Å². The molecule has 0 saturated carbocycles. The Morgan fingerprint density at radius 1 is 1.33 bits per heavy atom. The van der Waals surface area contributed by atoms with Crippen LogP contribution in [0.1, 0.15) is 5.56 Å².